The first-order chi connectivity index (χ1) is 11.8. The van der Waals surface area contributed by atoms with E-state index < -0.39 is 23.0 Å². The van der Waals surface area contributed by atoms with Crippen molar-refractivity contribution in [2.45, 2.75) is 38.1 Å². The van der Waals surface area contributed by atoms with Crippen LogP contribution in [0.1, 0.15) is 46.7 Å². The molecule has 0 saturated heterocycles. The van der Waals surface area contributed by atoms with Crippen LogP contribution in [-0.2, 0) is 16.8 Å². The molecule has 7 heteroatoms. The van der Waals surface area contributed by atoms with Gasteiger partial charge in [0.2, 0.25) is 5.91 Å². The average Bonchev–Trinajstić information content (AvgIpc) is 2.87. The third-order valence-corrected chi connectivity index (χ3v) is 4.71. The van der Waals surface area contributed by atoms with E-state index >= 15 is 0 Å². The van der Waals surface area contributed by atoms with E-state index in [0.717, 1.165) is 18.6 Å². The highest BCUT2D eigenvalue weighted by molar-refractivity contribution is 5.90. The van der Waals surface area contributed by atoms with Crippen LogP contribution in [0.4, 0.5) is 8.78 Å². The van der Waals surface area contributed by atoms with E-state index in [2.05, 4.69) is 5.32 Å². The number of hydrogen-bond acceptors (Lipinski definition) is 3. The third-order valence-electron chi connectivity index (χ3n) is 4.71. The summed E-state index contributed by atoms with van der Waals surface area (Å²) in [7, 11) is 0. The van der Waals surface area contributed by atoms with Gasteiger partial charge in [-0.2, -0.15) is 0 Å². The molecular weight excluding hydrogens is 332 g/mol. The lowest BCUT2D eigenvalue weighted by Gasteiger charge is -2.40. The molecule has 1 fully saturated rings. The molecule has 1 aliphatic carbocycles. The van der Waals surface area contributed by atoms with E-state index in [4.69, 9.17) is 9.52 Å². The summed E-state index contributed by atoms with van der Waals surface area (Å²) in [6, 6.07) is 4.57. The maximum Gasteiger partial charge on any atom is 0.339 e. The predicted octanol–water partition coefficient (Wildman–Crippen LogP) is 3.30. The Bertz CT molecular complexity index is 840. The van der Waals surface area contributed by atoms with Gasteiger partial charge in [0.15, 0.2) is 0 Å². The number of carboxylic acid groups (broad SMARTS) is 1. The topological polar surface area (TPSA) is 79.5 Å². The molecule has 1 heterocycles. The van der Waals surface area contributed by atoms with Gasteiger partial charge in [-0.05, 0) is 31.9 Å². The first-order valence-corrected chi connectivity index (χ1v) is 7.90. The van der Waals surface area contributed by atoms with E-state index in [-0.39, 0.29) is 29.3 Å². The average molecular weight is 349 g/mol. The van der Waals surface area contributed by atoms with Gasteiger partial charge in [0.1, 0.15) is 28.7 Å². The number of aromatic carboxylic acids is 1. The second-order valence-corrected chi connectivity index (χ2v) is 6.23. The smallest absolute Gasteiger partial charge is 0.339 e. The van der Waals surface area contributed by atoms with Gasteiger partial charge in [-0.3, -0.25) is 4.79 Å². The molecule has 0 radical (unpaired) electrons. The number of aryl methyl sites for hydroxylation is 1. The molecule has 2 N–H and O–H groups in total. The number of carboxylic acids is 1. The minimum atomic E-state index is -1.11. The number of carbonyl (C=O) groups excluding carboxylic acids is 1. The Hall–Kier alpha value is -2.70. The Morgan fingerprint density at radius 2 is 2.00 bits per heavy atom. The lowest BCUT2D eigenvalue weighted by Crippen LogP contribution is -2.49. The first-order valence-electron chi connectivity index (χ1n) is 7.90. The zero-order valence-electron chi connectivity index (χ0n) is 13.6. The largest absolute Gasteiger partial charge is 0.478 e. The predicted molar refractivity (Wildman–Crippen MR) is 84.1 cm³/mol. The van der Waals surface area contributed by atoms with E-state index in [1.807, 2.05) is 0 Å². The molecule has 2 aromatic rings. The Labute approximate surface area is 142 Å². The fourth-order valence-corrected chi connectivity index (χ4v) is 3.21. The molecule has 0 aliphatic heterocycles. The second-order valence-electron chi connectivity index (χ2n) is 6.23. The Morgan fingerprint density at radius 1 is 1.28 bits per heavy atom. The standard InChI is InChI=1S/C18H17F2NO4/c1-10-13(16(22)23)8-12(25-10)9-21-17(24)18(5-2-6-18)14-4-3-11(19)7-15(14)20/h3-4,7-8H,2,5-6,9H2,1H3,(H,21,24)(H,22,23). The van der Waals surface area contributed by atoms with E-state index in [1.54, 1.807) is 0 Å². The van der Waals surface area contributed by atoms with Crippen molar-refractivity contribution in [1.82, 2.24) is 5.32 Å². The van der Waals surface area contributed by atoms with Crippen molar-refractivity contribution in [3.05, 3.63) is 58.5 Å². The Kier molecular flexibility index (Phi) is 4.32. The van der Waals surface area contributed by atoms with Crippen molar-refractivity contribution in [3.8, 4) is 0 Å². The van der Waals surface area contributed by atoms with Crippen LogP contribution in [0.2, 0.25) is 0 Å². The molecule has 0 unspecified atom stereocenters. The van der Waals surface area contributed by atoms with Crippen LogP contribution >= 0.6 is 0 Å². The highest BCUT2D eigenvalue weighted by atomic mass is 19.1. The van der Waals surface area contributed by atoms with Crippen molar-refractivity contribution < 1.29 is 27.9 Å². The molecule has 1 amide bonds. The van der Waals surface area contributed by atoms with Gasteiger partial charge in [-0.1, -0.05) is 12.5 Å². The molecule has 25 heavy (non-hydrogen) atoms. The summed E-state index contributed by atoms with van der Waals surface area (Å²) in [5, 5.41) is 11.7. The van der Waals surface area contributed by atoms with Gasteiger partial charge < -0.3 is 14.8 Å². The molecule has 0 atom stereocenters. The van der Waals surface area contributed by atoms with Gasteiger partial charge >= 0.3 is 5.97 Å². The third kappa shape index (κ3) is 3.01. The minimum Gasteiger partial charge on any atom is -0.478 e. The summed E-state index contributed by atoms with van der Waals surface area (Å²) in [5.41, 5.74) is -0.804. The molecule has 5 nitrogen and oxygen atoms in total. The number of furan rings is 1. The zero-order valence-corrected chi connectivity index (χ0v) is 13.6. The fraction of sp³-hybridized carbons (Fsp3) is 0.333. The summed E-state index contributed by atoms with van der Waals surface area (Å²) < 4.78 is 32.6. The van der Waals surface area contributed by atoms with Crippen molar-refractivity contribution in [1.29, 1.82) is 0 Å². The van der Waals surface area contributed by atoms with Crippen LogP contribution in [0.3, 0.4) is 0 Å². The van der Waals surface area contributed by atoms with Crippen molar-refractivity contribution >= 4 is 11.9 Å². The monoisotopic (exact) mass is 349 g/mol. The van der Waals surface area contributed by atoms with Crippen molar-refractivity contribution in [2.75, 3.05) is 0 Å². The number of nitrogens with one attached hydrogen (secondary N) is 1. The number of amides is 1. The molecule has 1 aromatic heterocycles. The van der Waals surface area contributed by atoms with Gasteiger partial charge in [-0.25, -0.2) is 13.6 Å². The van der Waals surface area contributed by atoms with E-state index in [1.165, 1.54) is 19.1 Å². The van der Waals surface area contributed by atoms with Crippen LogP contribution in [0, 0.1) is 18.6 Å². The Morgan fingerprint density at radius 3 is 2.52 bits per heavy atom. The summed E-state index contributed by atoms with van der Waals surface area (Å²) >= 11 is 0. The molecule has 1 aliphatic rings. The Balaban J connectivity index is 1.77. The van der Waals surface area contributed by atoms with Crippen molar-refractivity contribution in [3.63, 3.8) is 0 Å². The SMILES string of the molecule is Cc1oc(CNC(=O)C2(c3ccc(F)cc3F)CCC2)cc1C(=O)O. The quantitative estimate of drug-likeness (QED) is 0.868. The van der Waals surface area contributed by atoms with E-state index in [9.17, 15) is 18.4 Å². The van der Waals surface area contributed by atoms with Crippen LogP contribution in [0.25, 0.3) is 0 Å². The lowest BCUT2D eigenvalue weighted by atomic mass is 9.63. The van der Waals surface area contributed by atoms with Gasteiger partial charge in [0.25, 0.3) is 0 Å². The van der Waals surface area contributed by atoms with Crippen LogP contribution in [-0.4, -0.2) is 17.0 Å². The molecule has 0 bridgehead atoms. The highest BCUT2D eigenvalue weighted by Crippen LogP contribution is 2.45. The van der Waals surface area contributed by atoms with Gasteiger partial charge in [-0.15, -0.1) is 0 Å². The minimum absolute atomic E-state index is 0.00246. The summed E-state index contributed by atoms with van der Waals surface area (Å²) in [6.07, 6.45) is 1.71. The number of rotatable bonds is 5. The normalized spacial score (nSPS) is 15.5. The molecule has 3 rings (SSSR count). The molecular formula is C18H17F2NO4. The van der Waals surface area contributed by atoms with Crippen LogP contribution in [0.15, 0.2) is 28.7 Å². The summed E-state index contributed by atoms with van der Waals surface area (Å²) in [4.78, 5) is 23.7. The fourth-order valence-electron chi connectivity index (χ4n) is 3.21. The number of benzene rings is 1. The van der Waals surface area contributed by atoms with E-state index in [0.29, 0.717) is 18.6 Å². The number of carbonyl (C=O) groups is 2. The summed E-state index contributed by atoms with van der Waals surface area (Å²) in [5.74, 6) is -2.37. The van der Waals surface area contributed by atoms with Gasteiger partial charge in [0, 0.05) is 11.6 Å². The van der Waals surface area contributed by atoms with Crippen molar-refractivity contribution in [2.24, 2.45) is 0 Å². The highest BCUT2D eigenvalue weighted by Gasteiger charge is 2.47. The van der Waals surface area contributed by atoms with Crippen LogP contribution in [0.5, 0.6) is 0 Å². The molecule has 1 saturated carbocycles. The van der Waals surface area contributed by atoms with Gasteiger partial charge in [0.05, 0.1) is 12.0 Å². The summed E-state index contributed by atoms with van der Waals surface area (Å²) in [6.45, 7) is 1.52. The molecule has 132 valence electrons. The second kappa shape index (κ2) is 6.31. The maximum atomic E-state index is 14.1. The maximum absolute atomic E-state index is 14.1. The number of hydrogen-bond donors (Lipinski definition) is 2. The molecule has 1 aromatic carbocycles. The molecule has 0 spiro atoms. The number of halogens is 2. The first kappa shape index (κ1) is 17.1. The van der Waals surface area contributed by atoms with Crippen LogP contribution < -0.4 is 5.32 Å². The zero-order chi connectivity index (χ0) is 18.2. The lowest BCUT2D eigenvalue weighted by molar-refractivity contribution is -0.130.